The summed E-state index contributed by atoms with van der Waals surface area (Å²) in [5.41, 5.74) is 3.24. The van der Waals surface area contributed by atoms with Crippen LogP contribution in [0.5, 0.6) is 0 Å². The predicted octanol–water partition coefficient (Wildman–Crippen LogP) is 2.70. The molecule has 1 aromatic carbocycles. The lowest BCUT2D eigenvalue weighted by Gasteiger charge is -2.32. The van der Waals surface area contributed by atoms with Crippen LogP contribution in [0.1, 0.15) is 29.0 Å². The minimum atomic E-state index is 0.0120. The van der Waals surface area contributed by atoms with Crippen molar-refractivity contribution in [3.63, 3.8) is 0 Å². The molecule has 0 saturated carbocycles. The summed E-state index contributed by atoms with van der Waals surface area (Å²) in [6, 6.07) is 9.87. The number of nitrogens with zero attached hydrogens (tertiary/aromatic N) is 5. The highest BCUT2D eigenvalue weighted by molar-refractivity contribution is 5.99. The summed E-state index contributed by atoms with van der Waals surface area (Å²) >= 11 is 0. The van der Waals surface area contributed by atoms with Crippen molar-refractivity contribution < 1.29 is 4.79 Å². The minimum absolute atomic E-state index is 0.0120. The highest BCUT2D eigenvalue weighted by Gasteiger charge is 2.27. The molecule has 1 amide bonds. The lowest BCUT2D eigenvalue weighted by Crippen LogP contribution is -2.40. The molecule has 4 heterocycles. The third-order valence-corrected chi connectivity index (χ3v) is 5.24. The number of para-hydroxylation sites is 2. The summed E-state index contributed by atoms with van der Waals surface area (Å²) in [5.74, 6) is 1.41. The zero-order valence-corrected chi connectivity index (χ0v) is 14.9. The Morgan fingerprint density at radius 2 is 2.19 bits per heavy atom. The van der Waals surface area contributed by atoms with Gasteiger partial charge in [0, 0.05) is 31.9 Å². The van der Waals surface area contributed by atoms with Crippen LogP contribution in [0.2, 0.25) is 0 Å². The van der Waals surface area contributed by atoms with E-state index in [1.54, 1.807) is 29.2 Å². The molecule has 0 radical (unpaired) electrons. The molecule has 27 heavy (non-hydrogen) atoms. The minimum Gasteiger partial charge on any atom is -0.342 e. The Balaban J connectivity index is 1.33. The van der Waals surface area contributed by atoms with Gasteiger partial charge in [0.05, 0.1) is 17.2 Å². The number of rotatable bonds is 3. The molecule has 7 heteroatoms. The molecule has 0 aliphatic carbocycles. The van der Waals surface area contributed by atoms with Crippen molar-refractivity contribution in [3.05, 3.63) is 60.3 Å². The van der Waals surface area contributed by atoms with Gasteiger partial charge in [-0.15, -0.1) is 0 Å². The van der Waals surface area contributed by atoms with E-state index in [1.807, 2.05) is 29.2 Å². The van der Waals surface area contributed by atoms with Crippen molar-refractivity contribution >= 4 is 22.6 Å². The van der Waals surface area contributed by atoms with Crippen LogP contribution in [0.25, 0.3) is 16.7 Å². The van der Waals surface area contributed by atoms with Gasteiger partial charge in [-0.05, 0) is 37.0 Å². The molecular formula is C20H20N6O. The van der Waals surface area contributed by atoms with E-state index in [9.17, 15) is 4.79 Å². The second kappa shape index (κ2) is 6.50. The van der Waals surface area contributed by atoms with Gasteiger partial charge in [0.1, 0.15) is 11.4 Å². The Bertz CT molecular complexity index is 1080. The quantitative estimate of drug-likeness (QED) is 0.609. The number of likely N-dealkylation sites (tertiary alicyclic amines) is 1. The highest BCUT2D eigenvalue weighted by Crippen LogP contribution is 2.23. The number of nitrogens with one attached hydrogen (secondary N) is 1. The molecule has 1 N–H and O–H groups in total. The number of benzene rings is 1. The molecule has 5 rings (SSSR count). The van der Waals surface area contributed by atoms with E-state index in [0.717, 1.165) is 49.2 Å². The molecule has 0 spiro atoms. The van der Waals surface area contributed by atoms with Gasteiger partial charge in [-0.25, -0.2) is 14.5 Å². The second-order valence-electron chi connectivity index (χ2n) is 7.11. The molecule has 1 unspecified atom stereocenters. The van der Waals surface area contributed by atoms with Gasteiger partial charge in [0.15, 0.2) is 5.65 Å². The van der Waals surface area contributed by atoms with Crippen molar-refractivity contribution in [2.24, 2.45) is 5.92 Å². The average molecular weight is 360 g/mol. The number of carbonyl (C=O) groups is 1. The van der Waals surface area contributed by atoms with Crippen LogP contribution in [-0.2, 0) is 6.42 Å². The fourth-order valence-corrected chi connectivity index (χ4v) is 3.94. The van der Waals surface area contributed by atoms with Crippen molar-refractivity contribution in [1.82, 2.24) is 29.5 Å². The van der Waals surface area contributed by atoms with E-state index in [1.165, 1.54) is 0 Å². The van der Waals surface area contributed by atoms with Crippen molar-refractivity contribution in [1.29, 1.82) is 0 Å². The number of fused-ring (bicyclic) bond motifs is 2. The lowest BCUT2D eigenvalue weighted by molar-refractivity contribution is 0.0674. The Morgan fingerprint density at radius 1 is 1.26 bits per heavy atom. The molecule has 1 aliphatic heterocycles. The number of hydrogen-bond acceptors (Lipinski definition) is 4. The summed E-state index contributed by atoms with van der Waals surface area (Å²) in [5, 5.41) is 4.24. The van der Waals surface area contributed by atoms with Gasteiger partial charge in [0.2, 0.25) is 0 Å². The number of piperidine rings is 1. The third-order valence-electron chi connectivity index (χ3n) is 5.24. The highest BCUT2D eigenvalue weighted by atomic mass is 16.2. The molecule has 4 aromatic rings. The number of aromatic amines is 1. The van der Waals surface area contributed by atoms with E-state index in [-0.39, 0.29) is 5.91 Å². The largest absolute Gasteiger partial charge is 0.342 e. The van der Waals surface area contributed by atoms with Gasteiger partial charge < -0.3 is 9.88 Å². The van der Waals surface area contributed by atoms with Crippen LogP contribution < -0.4 is 0 Å². The molecule has 1 saturated heterocycles. The normalized spacial score (nSPS) is 17.6. The molecule has 136 valence electrons. The summed E-state index contributed by atoms with van der Waals surface area (Å²) in [7, 11) is 0. The first-order valence-electron chi connectivity index (χ1n) is 9.29. The number of H-pyrrole nitrogens is 1. The van der Waals surface area contributed by atoms with Crippen molar-refractivity contribution in [3.8, 4) is 0 Å². The lowest BCUT2D eigenvalue weighted by atomic mass is 9.94. The van der Waals surface area contributed by atoms with Crippen molar-refractivity contribution in [2.75, 3.05) is 13.1 Å². The maximum atomic E-state index is 13.0. The van der Waals surface area contributed by atoms with E-state index in [2.05, 4.69) is 20.1 Å². The average Bonchev–Trinajstić information content (AvgIpc) is 3.31. The van der Waals surface area contributed by atoms with Gasteiger partial charge in [-0.3, -0.25) is 4.79 Å². The topological polar surface area (TPSA) is 79.2 Å². The van der Waals surface area contributed by atoms with Crippen LogP contribution in [0.15, 0.2) is 48.9 Å². The maximum Gasteiger partial charge on any atom is 0.259 e. The van der Waals surface area contributed by atoms with Gasteiger partial charge >= 0.3 is 0 Å². The molecular weight excluding hydrogens is 340 g/mol. The number of hydrogen-bond donors (Lipinski definition) is 1. The molecule has 1 atom stereocenters. The third kappa shape index (κ3) is 2.95. The number of carbonyl (C=O) groups excluding carboxylic acids is 1. The zero-order valence-electron chi connectivity index (χ0n) is 14.9. The molecule has 7 nitrogen and oxygen atoms in total. The molecule has 3 aromatic heterocycles. The summed E-state index contributed by atoms with van der Waals surface area (Å²) in [6.45, 7) is 1.51. The zero-order chi connectivity index (χ0) is 18.2. The monoisotopic (exact) mass is 360 g/mol. The van der Waals surface area contributed by atoms with E-state index in [4.69, 9.17) is 0 Å². The number of amides is 1. The first-order chi connectivity index (χ1) is 13.3. The summed E-state index contributed by atoms with van der Waals surface area (Å²) in [6.07, 6.45) is 8.07. The number of imidazole rings is 1. The van der Waals surface area contributed by atoms with Gasteiger partial charge in [0.25, 0.3) is 5.91 Å². The van der Waals surface area contributed by atoms with Crippen LogP contribution in [0.4, 0.5) is 0 Å². The SMILES string of the molecule is O=C(c1cnn2cccnc12)N1CCCC(Cc2nc3ccccc3[nH]2)C1. The van der Waals surface area contributed by atoms with Crippen LogP contribution >= 0.6 is 0 Å². The summed E-state index contributed by atoms with van der Waals surface area (Å²) in [4.78, 5) is 27.3. The van der Waals surface area contributed by atoms with Gasteiger partial charge in [-0.2, -0.15) is 5.10 Å². The predicted molar refractivity (Wildman–Crippen MR) is 101 cm³/mol. The Hall–Kier alpha value is -3.22. The molecule has 1 fully saturated rings. The fourth-order valence-electron chi connectivity index (χ4n) is 3.94. The second-order valence-corrected chi connectivity index (χ2v) is 7.11. The van der Waals surface area contributed by atoms with E-state index in [0.29, 0.717) is 17.1 Å². The first kappa shape index (κ1) is 16.0. The molecule has 1 aliphatic rings. The number of aromatic nitrogens is 5. The smallest absolute Gasteiger partial charge is 0.259 e. The molecule has 0 bridgehead atoms. The summed E-state index contributed by atoms with van der Waals surface area (Å²) < 4.78 is 1.64. The Labute approximate surface area is 156 Å². The van der Waals surface area contributed by atoms with E-state index < -0.39 is 0 Å². The van der Waals surface area contributed by atoms with Crippen LogP contribution in [-0.4, -0.2) is 48.5 Å². The van der Waals surface area contributed by atoms with Crippen LogP contribution in [0.3, 0.4) is 0 Å². The first-order valence-corrected chi connectivity index (χ1v) is 9.29. The van der Waals surface area contributed by atoms with E-state index >= 15 is 0 Å². The fraction of sp³-hybridized carbons (Fsp3) is 0.300. The van der Waals surface area contributed by atoms with Gasteiger partial charge in [-0.1, -0.05) is 12.1 Å². The Morgan fingerprint density at radius 3 is 3.11 bits per heavy atom. The Kier molecular flexibility index (Phi) is 3.85. The van der Waals surface area contributed by atoms with Crippen molar-refractivity contribution in [2.45, 2.75) is 19.3 Å². The standard InChI is InChI=1S/C20H20N6O/c27-20(15-12-22-26-10-4-8-21-19(15)26)25-9-3-5-14(13-25)11-18-23-16-6-1-2-7-17(16)24-18/h1-2,4,6-8,10,12,14H,3,5,9,11,13H2,(H,23,24). The maximum absolute atomic E-state index is 13.0. The van der Waals surface area contributed by atoms with Crippen LogP contribution in [0, 0.1) is 5.92 Å².